The lowest BCUT2D eigenvalue weighted by Gasteiger charge is -2.13. The molecule has 2 aromatic rings. The molecule has 0 radical (unpaired) electrons. The Balaban J connectivity index is 2.35. The van der Waals surface area contributed by atoms with Crippen LogP contribution in [0, 0.1) is 0 Å². The van der Waals surface area contributed by atoms with Crippen LogP contribution in [0.25, 0.3) is 11.5 Å². The molecule has 0 aromatic carbocycles. The van der Waals surface area contributed by atoms with E-state index in [1.807, 2.05) is 6.07 Å². The summed E-state index contributed by atoms with van der Waals surface area (Å²) in [4.78, 5) is 4.32. The van der Waals surface area contributed by atoms with Gasteiger partial charge in [-0.25, -0.2) is 4.98 Å². The second-order valence-corrected chi connectivity index (χ2v) is 4.78. The SMILES string of the molecule is CCCCC(O)c1ccc(Br)nc1-c1nn[nH]n1. The maximum atomic E-state index is 10.2. The van der Waals surface area contributed by atoms with Crippen LogP contribution in [0.1, 0.15) is 37.9 Å². The van der Waals surface area contributed by atoms with E-state index in [1.165, 1.54) is 0 Å². The average molecular weight is 312 g/mol. The van der Waals surface area contributed by atoms with E-state index in [1.54, 1.807) is 6.07 Å². The molecule has 96 valence electrons. The number of aromatic amines is 1. The lowest BCUT2D eigenvalue weighted by Crippen LogP contribution is -2.03. The Morgan fingerprint density at radius 1 is 1.44 bits per heavy atom. The number of hydrogen-bond acceptors (Lipinski definition) is 5. The number of rotatable bonds is 5. The summed E-state index contributed by atoms with van der Waals surface area (Å²) in [5.74, 6) is 0.391. The van der Waals surface area contributed by atoms with Gasteiger partial charge in [-0.05, 0) is 33.6 Å². The zero-order valence-electron chi connectivity index (χ0n) is 9.97. The first-order chi connectivity index (χ1) is 8.72. The Bertz CT molecular complexity index is 502. The maximum absolute atomic E-state index is 10.2. The third kappa shape index (κ3) is 2.91. The highest BCUT2D eigenvalue weighted by molar-refractivity contribution is 9.10. The number of tetrazole rings is 1. The smallest absolute Gasteiger partial charge is 0.223 e. The Morgan fingerprint density at radius 3 is 2.94 bits per heavy atom. The largest absolute Gasteiger partial charge is 0.388 e. The number of hydrogen-bond donors (Lipinski definition) is 2. The number of nitrogens with one attached hydrogen (secondary N) is 1. The average Bonchev–Trinajstić information content (AvgIpc) is 2.89. The molecule has 2 heterocycles. The monoisotopic (exact) mass is 311 g/mol. The van der Waals surface area contributed by atoms with Gasteiger partial charge in [-0.2, -0.15) is 5.21 Å². The van der Waals surface area contributed by atoms with Crippen molar-refractivity contribution in [1.82, 2.24) is 25.6 Å². The van der Waals surface area contributed by atoms with E-state index >= 15 is 0 Å². The molecule has 0 saturated heterocycles. The van der Waals surface area contributed by atoms with E-state index < -0.39 is 6.10 Å². The first-order valence-corrected chi connectivity index (χ1v) is 6.60. The molecule has 0 aliphatic rings. The maximum Gasteiger partial charge on any atom is 0.223 e. The third-order valence-electron chi connectivity index (χ3n) is 2.64. The Kier molecular flexibility index (Phi) is 4.38. The predicted molar refractivity (Wildman–Crippen MR) is 69.6 cm³/mol. The highest BCUT2D eigenvalue weighted by Gasteiger charge is 2.17. The van der Waals surface area contributed by atoms with Gasteiger partial charge in [0.25, 0.3) is 0 Å². The van der Waals surface area contributed by atoms with E-state index in [9.17, 15) is 5.11 Å². The summed E-state index contributed by atoms with van der Waals surface area (Å²) in [5, 5.41) is 23.9. The van der Waals surface area contributed by atoms with E-state index in [0.717, 1.165) is 18.4 Å². The van der Waals surface area contributed by atoms with Gasteiger partial charge in [0.1, 0.15) is 10.3 Å². The number of halogens is 1. The Morgan fingerprint density at radius 2 is 2.28 bits per heavy atom. The number of pyridine rings is 1. The fraction of sp³-hybridized carbons (Fsp3) is 0.455. The van der Waals surface area contributed by atoms with E-state index in [4.69, 9.17) is 0 Å². The third-order valence-corrected chi connectivity index (χ3v) is 3.08. The van der Waals surface area contributed by atoms with Crippen molar-refractivity contribution in [3.63, 3.8) is 0 Å². The number of unbranched alkanes of at least 4 members (excludes halogenated alkanes) is 1. The van der Waals surface area contributed by atoms with Crippen LogP contribution in [0.5, 0.6) is 0 Å². The molecule has 2 N–H and O–H groups in total. The minimum atomic E-state index is -0.556. The van der Waals surface area contributed by atoms with Gasteiger partial charge in [0.2, 0.25) is 5.82 Å². The Hall–Kier alpha value is -1.34. The van der Waals surface area contributed by atoms with Crippen molar-refractivity contribution in [3.8, 4) is 11.5 Å². The molecule has 0 fully saturated rings. The highest BCUT2D eigenvalue weighted by Crippen LogP contribution is 2.28. The van der Waals surface area contributed by atoms with Gasteiger partial charge in [0.15, 0.2) is 0 Å². The van der Waals surface area contributed by atoms with Crippen LogP contribution in [0.3, 0.4) is 0 Å². The van der Waals surface area contributed by atoms with Gasteiger partial charge < -0.3 is 5.11 Å². The van der Waals surface area contributed by atoms with Crippen LogP contribution in [-0.2, 0) is 0 Å². The van der Waals surface area contributed by atoms with Crippen molar-refractivity contribution in [3.05, 3.63) is 22.3 Å². The van der Waals surface area contributed by atoms with Gasteiger partial charge in [-0.15, -0.1) is 10.2 Å². The van der Waals surface area contributed by atoms with E-state index in [2.05, 4.69) is 48.5 Å². The predicted octanol–water partition coefficient (Wildman–Crippen LogP) is 2.25. The van der Waals surface area contributed by atoms with Crippen LogP contribution in [0.2, 0.25) is 0 Å². The number of aliphatic hydroxyl groups excluding tert-OH is 1. The van der Waals surface area contributed by atoms with Crippen molar-refractivity contribution in [2.45, 2.75) is 32.3 Å². The van der Waals surface area contributed by atoms with Crippen molar-refractivity contribution >= 4 is 15.9 Å². The van der Waals surface area contributed by atoms with Crippen LogP contribution in [-0.4, -0.2) is 30.7 Å². The summed E-state index contributed by atoms with van der Waals surface area (Å²) in [6.45, 7) is 2.09. The first kappa shape index (κ1) is 13.1. The molecule has 2 aromatic heterocycles. The van der Waals surface area contributed by atoms with Gasteiger partial charge in [0.05, 0.1) is 6.10 Å². The molecule has 7 heteroatoms. The molecule has 1 unspecified atom stereocenters. The summed E-state index contributed by atoms with van der Waals surface area (Å²) >= 11 is 3.30. The van der Waals surface area contributed by atoms with E-state index in [0.29, 0.717) is 22.5 Å². The molecule has 1 atom stereocenters. The molecule has 18 heavy (non-hydrogen) atoms. The molecule has 0 amide bonds. The molecule has 2 rings (SSSR count). The van der Waals surface area contributed by atoms with Crippen LogP contribution >= 0.6 is 15.9 Å². The molecule has 0 aliphatic heterocycles. The second-order valence-electron chi connectivity index (χ2n) is 3.97. The molecule has 0 bridgehead atoms. The summed E-state index contributed by atoms with van der Waals surface area (Å²) in [7, 11) is 0. The van der Waals surface area contributed by atoms with Crippen LogP contribution in [0.15, 0.2) is 16.7 Å². The zero-order chi connectivity index (χ0) is 13.0. The lowest BCUT2D eigenvalue weighted by atomic mass is 10.0. The van der Waals surface area contributed by atoms with Crippen molar-refractivity contribution in [2.75, 3.05) is 0 Å². The topological polar surface area (TPSA) is 87.6 Å². The molecule has 0 spiro atoms. The minimum Gasteiger partial charge on any atom is -0.388 e. The highest BCUT2D eigenvalue weighted by atomic mass is 79.9. The number of nitrogens with zero attached hydrogens (tertiary/aromatic N) is 4. The van der Waals surface area contributed by atoms with Gasteiger partial charge in [0, 0.05) is 5.56 Å². The summed E-state index contributed by atoms with van der Waals surface area (Å²) in [6.07, 6.45) is 2.14. The van der Waals surface area contributed by atoms with Crippen LogP contribution in [0.4, 0.5) is 0 Å². The number of H-pyrrole nitrogens is 1. The van der Waals surface area contributed by atoms with Gasteiger partial charge >= 0.3 is 0 Å². The molecule has 0 saturated carbocycles. The van der Waals surface area contributed by atoms with Crippen LogP contribution < -0.4 is 0 Å². The molecule has 6 nitrogen and oxygen atoms in total. The lowest BCUT2D eigenvalue weighted by molar-refractivity contribution is 0.164. The summed E-state index contributed by atoms with van der Waals surface area (Å²) < 4.78 is 0.675. The summed E-state index contributed by atoms with van der Waals surface area (Å²) in [5.41, 5.74) is 1.29. The Labute approximate surface area is 113 Å². The second kappa shape index (κ2) is 6.01. The van der Waals surface area contributed by atoms with Crippen molar-refractivity contribution < 1.29 is 5.11 Å². The molecular formula is C11H14BrN5O. The first-order valence-electron chi connectivity index (χ1n) is 5.80. The minimum absolute atomic E-state index is 0.391. The van der Waals surface area contributed by atoms with Gasteiger partial charge in [-0.3, -0.25) is 0 Å². The quantitative estimate of drug-likeness (QED) is 0.827. The van der Waals surface area contributed by atoms with Gasteiger partial charge in [-0.1, -0.05) is 25.8 Å². The molecule has 0 aliphatic carbocycles. The number of aliphatic hydroxyl groups is 1. The molecular weight excluding hydrogens is 298 g/mol. The zero-order valence-corrected chi connectivity index (χ0v) is 11.6. The van der Waals surface area contributed by atoms with E-state index in [-0.39, 0.29) is 0 Å². The van der Waals surface area contributed by atoms with Crippen molar-refractivity contribution in [1.29, 1.82) is 0 Å². The standard InChI is InChI=1S/C11H14BrN5O/c1-2-3-4-8(18)7-5-6-9(12)13-10(7)11-14-16-17-15-11/h5-6,8,18H,2-4H2,1H3,(H,14,15,16,17). The number of aromatic nitrogens is 5. The summed E-state index contributed by atoms with van der Waals surface area (Å²) in [6, 6.07) is 3.64. The normalized spacial score (nSPS) is 12.6. The fourth-order valence-corrected chi connectivity index (χ4v) is 2.02. The van der Waals surface area contributed by atoms with Crippen molar-refractivity contribution in [2.24, 2.45) is 0 Å². The fourth-order valence-electron chi connectivity index (χ4n) is 1.71.